The van der Waals surface area contributed by atoms with E-state index in [1.54, 1.807) is 0 Å². The quantitative estimate of drug-likeness (QED) is 0.614. The molecule has 0 amide bonds. The number of benzene rings is 2. The minimum atomic E-state index is 0.955. The van der Waals surface area contributed by atoms with Gasteiger partial charge in [-0.3, -0.25) is 0 Å². The highest BCUT2D eigenvalue weighted by molar-refractivity contribution is 7.18. The zero-order chi connectivity index (χ0) is 13.4. The molecule has 0 spiro atoms. The van der Waals surface area contributed by atoms with Crippen molar-refractivity contribution in [2.45, 2.75) is 27.3 Å². The van der Waals surface area contributed by atoms with Gasteiger partial charge in [0.2, 0.25) is 10.5 Å². The van der Waals surface area contributed by atoms with Crippen LogP contribution in [0.5, 0.6) is 0 Å². The number of hydrogen-bond donors (Lipinski definition) is 0. The number of nitrogens with zero attached hydrogens (tertiary/aromatic N) is 1. The van der Waals surface area contributed by atoms with Gasteiger partial charge < -0.3 is 0 Å². The maximum absolute atomic E-state index is 2.44. The fourth-order valence-corrected chi connectivity index (χ4v) is 3.71. The molecule has 0 N–H and O–H groups in total. The van der Waals surface area contributed by atoms with Crippen LogP contribution in [0.4, 0.5) is 0 Å². The van der Waals surface area contributed by atoms with E-state index < -0.39 is 0 Å². The maximum Gasteiger partial charge on any atom is 0.235 e. The molecule has 1 heterocycles. The summed E-state index contributed by atoms with van der Waals surface area (Å²) in [6.45, 7) is 7.57. The van der Waals surface area contributed by atoms with Gasteiger partial charge in [-0.2, -0.15) is 4.57 Å². The Morgan fingerprint density at radius 3 is 2.32 bits per heavy atom. The summed E-state index contributed by atoms with van der Waals surface area (Å²) < 4.78 is 3.87. The molecule has 2 heteroatoms. The monoisotopic (exact) mass is 268 g/mol. The Labute approximate surface area is 118 Å². The van der Waals surface area contributed by atoms with Gasteiger partial charge >= 0.3 is 0 Å². The zero-order valence-corrected chi connectivity index (χ0v) is 12.4. The highest BCUT2D eigenvalue weighted by Gasteiger charge is 2.20. The van der Waals surface area contributed by atoms with Crippen LogP contribution in [0.1, 0.15) is 21.7 Å². The van der Waals surface area contributed by atoms with Gasteiger partial charge in [0, 0.05) is 18.1 Å². The molecule has 0 aliphatic carbocycles. The SMILES string of the molecule is Cc1ccc(C)c2c1sc(C)[n+]2Cc1ccccc1. The van der Waals surface area contributed by atoms with Gasteiger partial charge in [-0.05, 0) is 19.4 Å². The number of rotatable bonds is 2. The van der Waals surface area contributed by atoms with Crippen LogP contribution in [0.3, 0.4) is 0 Å². The molecule has 96 valence electrons. The van der Waals surface area contributed by atoms with E-state index in [9.17, 15) is 0 Å². The molecular weight excluding hydrogens is 250 g/mol. The summed E-state index contributed by atoms with van der Waals surface area (Å²) in [5.41, 5.74) is 5.49. The van der Waals surface area contributed by atoms with Gasteiger partial charge in [-0.1, -0.05) is 53.8 Å². The molecule has 0 atom stereocenters. The van der Waals surface area contributed by atoms with Crippen molar-refractivity contribution in [2.24, 2.45) is 0 Å². The first-order chi connectivity index (χ1) is 9.16. The van der Waals surface area contributed by atoms with Crippen molar-refractivity contribution >= 4 is 21.6 Å². The van der Waals surface area contributed by atoms with E-state index in [0.29, 0.717) is 0 Å². The van der Waals surface area contributed by atoms with E-state index in [4.69, 9.17) is 0 Å². The predicted molar refractivity (Wildman–Crippen MR) is 81.8 cm³/mol. The standard InChI is InChI=1S/C17H18NS/c1-12-9-10-13(2)17-16(12)18(14(3)19-17)11-15-7-5-4-6-8-15/h4-10H,11H2,1-3H3/q+1. The lowest BCUT2D eigenvalue weighted by Gasteiger charge is -2.00. The van der Waals surface area contributed by atoms with E-state index in [1.165, 1.54) is 31.9 Å². The van der Waals surface area contributed by atoms with Crippen LogP contribution in [-0.2, 0) is 6.54 Å². The molecule has 1 aromatic heterocycles. The van der Waals surface area contributed by atoms with Crippen molar-refractivity contribution in [3.8, 4) is 0 Å². The molecule has 0 saturated carbocycles. The Hall–Kier alpha value is -1.67. The van der Waals surface area contributed by atoms with Crippen LogP contribution < -0.4 is 4.57 Å². The van der Waals surface area contributed by atoms with Crippen molar-refractivity contribution in [1.82, 2.24) is 0 Å². The van der Waals surface area contributed by atoms with E-state index in [1.807, 2.05) is 11.3 Å². The first kappa shape index (κ1) is 12.4. The summed E-state index contributed by atoms with van der Waals surface area (Å²) in [6, 6.07) is 15.1. The lowest BCUT2D eigenvalue weighted by atomic mass is 10.1. The van der Waals surface area contributed by atoms with Crippen molar-refractivity contribution in [3.63, 3.8) is 0 Å². The molecule has 19 heavy (non-hydrogen) atoms. The number of aromatic nitrogens is 1. The Bertz CT molecular complexity index is 726. The van der Waals surface area contributed by atoms with Gasteiger partial charge in [0.05, 0.1) is 0 Å². The van der Waals surface area contributed by atoms with E-state index in [-0.39, 0.29) is 0 Å². The van der Waals surface area contributed by atoms with Crippen molar-refractivity contribution in [2.75, 3.05) is 0 Å². The van der Waals surface area contributed by atoms with E-state index >= 15 is 0 Å². The zero-order valence-electron chi connectivity index (χ0n) is 11.6. The third kappa shape index (κ3) is 2.17. The molecule has 1 nitrogen and oxygen atoms in total. The largest absolute Gasteiger partial charge is 0.235 e. The third-order valence-electron chi connectivity index (χ3n) is 3.61. The summed E-state index contributed by atoms with van der Waals surface area (Å²) in [5, 5.41) is 1.37. The lowest BCUT2D eigenvalue weighted by Crippen LogP contribution is -2.36. The first-order valence-electron chi connectivity index (χ1n) is 6.60. The lowest BCUT2D eigenvalue weighted by molar-refractivity contribution is -0.664. The maximum atomic E-state index is 2.44. The minimum Gasteiger partial charge on any atom is -0.181 e. The fraction of sp³-hybridized carbons (Fsp3) is 0.235. The topological polar surface area (TPSA) is 3.88 Å². The minimum absolute atomic E-state index is 0.955. The van der Waals surface area contributed by atoms with Crippen molar-refractivity contribution in [1.29, 1.82) is 0 Å². The molecular formula is C17H18NS+. The first-order valence-corrected chi connectivity index (χ1v) is 7.41. The van der Waals surface area contributed by atoms with Crippen LogP contribution in [0, 0.1) is 20.8 Å². The van der Waals surface area contributed by atoms with Crippen LogP contribution >= 0.6 is 11.3 Å². The second kappa shape index (κ2) is 4.78. The molecule has 2 aromatic carbocycles. The Morgan fingerprint density at radius 1 is 0.895 bits per heavy atom. The van der Waals surface area contributed by atoms with Crippen LogP contribution in [0.2, 0.25) is 0 Å². The average Bonchev–Trinajstić information content (AvgIpc) is 2.74. The van der Waals surface area contributed by atoms with Gasteiger partial charge in [0.1, 0.15) is 4.70 Å². The molecule has 0 aliphatic heterocycles. The van der Waals surface area contributed by atoms with Gasteiger partial charge in [0.25, 0.3) is 0 Å². The van der Waals surface area contributed by atoms with Crippen molar-refractivity contribution in [3.05, 3.63) is 64.2 Å². The number of thiazole rings is 1. The van der Waals surface area contributed by atoms with E-state index in [0.717, 1.165) is 6.54 Å². The fourth-order valence-electron chi connectivity index (χ4n) is 2.55. The third-order valence-corrected chi connectivity index (χ3v) is 4.85. The van der Waals surface area contributed by atoms with Crippen LogP contribution in [0.25, 0.3) is 10.2 Å². The second-order valence-electron chi connectivity index (χ2n) is 5.07. The normalized spacial score (nSPS) is 11.1. The summed E-state index contributed by atoms with van der Waals surface area (Å²) >= 11 is 1.90. The Balaban J connectivity index is 2.18. The molecule has 3 rings (SSSR count). The van der Waals surface area contributed by atoms with Crippen LogP contribution in [-0.4, -0.2) is 0 Å². The molecule has 3 aromatic rings. The summed E-state index contributed by atoms with van der Waals surface area (Å²) in [5.74, 6) is 0. The molecule has 0 fully saturated rings. The Morgan fingerprint density at radius 2 is 1.58 bits per heavy atom. The second-order valence-corrected chi connectivity index (χ2v) is 6.27. The average molecular weight is 268 g/mol. The molecule has 0 unspecified atom stereocenters. The highest BCUT2D eigenvalue weighted by atomic mass is 32.1. The number of fused-ring (bicyclic) bond motifs is 1. The predicted octanol–water partition coefficient (Wildman–Crippen LogP) is 4.16. The Kier molecular flexibility index (Phi) is 3.11. The summed E-state index contributed by atoms with van der Waals surface area (Å²) in [7, 11) is 0. The number of aryl methyl sites for hydroxylation is 3. The number of hydrogen-bond acceptors (Lipinski definition) is 1. The van der Waals surface area contributed by atoms with Gasteiger partial charge in [-0.15, -0.1) is 0 Å². The van der Waals surface area contributed by atoms with Crippen molar-refractivity contribution < 1.29 is 4.57 Å². The summed E-state index contributed by atoms with van der Waals surface area (Å²) in [6.07, 6.45) is 0. The molecule has 0 bridgehead atoms. The van der Waals surface area contributed by atoms with Gasteiger partial charge in [-0.25, -0.2) is 0 Å². The van der Waals surface area contributed by atoms with E-state index in [2.05, 4.69) is 67.8 Å². The molecule has 0 aliphatic rings. The summed E-state index contributed by atoms with van der Waals surface area (Å²) in [4.78, 5) is 0. The molecule has 0 saturated heterocycles. The molecule has 0 radical (unpaired) electrons. The van der Waals surface area contributed by atoms with Crippen LogP contribution in [0.15, 0.2) is 42.5 Å². The van der Waals surface area contributed by atoms with Gasteiger partial charge in [0.15, 0.2) is 6.54 Å². The smallest absolute Gasteiger partial charge is 0.181 e. The highest BCUT2D eigenvalue weighted by Crippen LogP contribution is 2.26.